The van der Waals surface area contributed by atoms with Crippen LogP contribution in [0.25, 0.3) is 0 Å². The normalized spacial score (nSPS) is 16.1. The van der Waals surface area contributed by atoms with Gasteiger partial charge in [-0.2, -0.15) is 10.5 Å². The molecule has 2 aliphatic rings. The lowest BCUT2D eigenvalue weighted by atomic mass is 9.96. The number of guanidine groups is 2. The van der Waals surface area contributed by atoms with E-state index < -0.39 is 12.3 Å². The number of carbonyl (C=O) groups is 2. The fraction of sp³-hybridized carbons (Fsp3) is 0.135. The van der Waals surface area contributed by atoms with Crippen molar-refractivity contribution in [1.29, 1.82) is 10.5 Å². The second kappa shape index (κ2) is 17.9. The topological polar surface area (TPSA) is 231 Å². The molecule has 14 nitrogen and oxygen atoms in total. The second-order valence-electron chi connectivity index (χ2n) is 11.8. The number of benzene rings is 4. The number of rotatable bonds is 10. The summed E-state index contributed by atoms with van der Waals surface area (Å²) in [4.78, 5) is 43.3. The third-order valence-corrected chi connectivity index (χ3v) is 10.4. The summed E-state index contributed by atoms with van der Waals surface area (Å²) in [6, 6.07) is 28.7. The molecule has 276 valence electrons. The zero-order chi connectivity index (χ0) is 38.9. The number of nitrogens with one attached hydrogen (secondary N) is 4. The summed E-state index contributed by atoms with van der Waals surface area (Å²) in [5, 5.41) is 33.0. The number of amides is 2. The van der Waals surface area contributed by atoms with Crippen LogP contribution in [-0.2, 0) is 16.0 Å². The van der Waals surface area contributed by atoms with Crippen LogP contribution in [0.3, 0.4) is 0 Å². The van der Waals surface area contributed by atoms with E-state index in [0.29, 0.717) is 65.1 Å². The number of nitriles is 2. The fourth-order valence-corrected chi connectivity index (χ4v) is 7.23. The highest BCUT2D eigenvalue weighted by Gasteiger charge is 2.22. The van der Waals surface area contributed by atoms with Gasteiger partial charge >= 0.3 is 0 Å². The van der Waals surface area contributed by atoms with Gasteiger partial charge < -0.3 is 32.7 Å². The van der Waals surface area contributed by atoms with Gasteiger partial charge in [-0.05, 0) is 47.5 Å². The minimum Gasteiger partial charge on any atom is -0.370 e. The number of carbonyl (C=O) groups excluding carboxylic acids is 2. The maximum atomic E-state index is 12.9. The first kappa shape index (κ1) is 38.7. The summed E-state index contributed by atoms with van der Waals surface area (Å²) in [7, 11) is 0. The first-order valence-electron chi connectivity index (χ1n) is 16.3. The van der Waals surface area contributed by atoms with Gasteiger partial charge in [-0.1, -0.05) is 95.3 Å². The van der Waals surface area contributed by atoms with Gasteiger partial charge in [-0.15, -0.1) is 0 Å². The molecule has 0 fully saturated rings. The van der Waals surface area contributed by atoms with Gasteiger partial charge in [0.25, 0.3) is 0 Å². The van der Waals surface area contributed by atoms with Crippen LogP contribution in [0.15, 0.2) is 105 Å². The molecule has 4 aromatic rings. The van der Waals surface area contributed by atoms with Crippen LogP contribution in [0.1, 0.15) is 45.7 Å². The monoisotopic (exact) mass is 808 g/mol. The Balaban J connectivity index is 1.03. The van der Waals surface area contributed by atoms with E-state index in [1.165, 1.54) is 0 Å². The summed E-state index contributed by atoms with van der Waals surface area (Å²) in [6.45, 7) is 0. The van der Waals surface area contributed by atoms with Gasteiger partial charge in [-0.3, -0.25) is 9.59 Å². The maximum Gasteiger partial charge on any atom is 0.234 e. The zero-order valence-corrected chi connectivity index (χ0v) is 31.7. The minimum atomic E-state index is -0.640. The van der Waals surface area contributed by atoms with Crippen molar-refractivity contribution < 1.29 is 9.59 Å². The average molecular weight is 810 g/mol. The van der Waals surface area contributed by atoms with Crippen molar-refractivity contribution in [2.45, 2.75) is 18.8 Å². The van der Waals surface area contributed by atoms with E-state index in [4.69, 9.17) is 34.7 Å². The molecule has 2 atom stereocenters. The number of thioether (sulfide) groups is 2. The number of hydrogen-bond donors (Lipinski definition) is 6. The molecule has 4 aromatic carbocycles. The highest BCUT2D eigenvalue weighted by atomic mass is 35.5. The molecular weight excluding hydrogens is 780 g/mol. The summed E-state index contributed by atoms with van der Waals surface area (Å²) in [5.74, 6) is -0.340. The lowest BCUT2D eigenvalue weighted by Gasteiger charge is -2.19. The second-order valence-corrected chi connectivity index (χ2v) is 14.5. The Hall–Kier alpha value is -6.04. The Bertz CT molecular complexity index is 2210. The molecule has 0 saturated carbocycles. The molecule has 0 saturated heterocycles. The van der Waals surface area contributed by atoms with Crippen molar-refractivity contribution in [3.05, 3.63) is 128 Å². The van der Waals surface area contributed by atoms with Crippen LogP contribution in [0.2, 0.25) is 10.0 Å². The van der Waals surface area contributed by atoms with E-state index in [1.54, 1.807) is 72.8 Å². The molecule has 2 heterocycles. The molecule has 6 rings (SSSR count). The molecule has 0 radical (unpaired) electrons. The first-order valence-corrected chi connectivity index (χ1v) is 19.1. The smallest absolute Gasteiger partial charge is 0.234 e. The lowest BCUT2D eigenvalue weighted by molar-refractivity contribution is -0.114. The van der Waals surface area contributed by atoms with Crippen LogP contribution in [0.5, 0.6) is 0 Å². The van der Waals surface area contributed by atoms with Crippen LogP contribution >= 0.6 is 46.7 Å². The van der Waals surface area contributed by atoms with Crippen LogP contribution in [0.4, 0.5) is 11.4 Å². The van der Waals surface area contributed by atoms with Gasteiger partial charge in [0.1, 0.15) is 0 Å². The van der Waals surface area contributed by atoms with E-state index >= 15 is 0 Å². The van der Waals surface area contributed by atoms with E-state index in [1.807, 2.05) is 12.1 Å². The van der Waals surface area contributed by atoms with Crippen molar-refractivity contribution in [3.63, 3.8) is 0 Å². The lowest BCUT2D eigenvalue weighted by Crippen LogP contribution is -2.39. The van der Waals surface area contributed by atoms with Crippen molar-refractivity contribution >= 4 is 92.2 Å². The molecule has 18 heteroatoms. The number of nitrogens with zero attached hydrogens (tertiary/aromatic N) is 6. The Kier molecular flexibility index (Phi) is 12.6. The molecule has 0 unspecified atom stereocenters. The maximum absolute atomic E-state index is 12.9. The van der Waals surface area contributed by atoms with Crippen LogP contribution in [0, 0.1) is 22.7 Å². The Labute approximate surface area is 334 Å². The average Bonchev–Trinajstić information content (AvgIpc) is 3.17. The SMILES string of the molecule is N#Cc1cc(NC(=O)CSC2=N[C@@H](c3ccccc3Cl)N=C(N)N2)ccc1Cc1ccc(NC(=O)CSC2=N[C@@H](c3ccccc3Cl)N=C(N)N2)cc1C#N. The molecule has 55 heavy (non-hydrogen) atoms. The molecule has 0 aliphatic carbocycles. The number of aliphatic imine (C=N–C) groups is 4. The Morgan fingerprint density at radius 3 is 1.49 bits per heavy atom. The van der Waals surface area contributed by atoms with Crippen molar-refractivity contribution in [1.82, 2.24) is 10.6 Å². The summed E-state index contributed by atoms with van der Waals surface area (Å²) < 4.78 is 0. The van der Waals surface area contributed by atoms with Crippen LogP contribution < -0.4 is 32.7 Å². The third-order valence-electron chi connectivity index (χ3n) is 7.93. The number of halogens is 2. The van der Waals surface area contributed by atoms with Crippen molar-refractivity contribution in [3.8, 4) is 12.1 Å². The Morgan fingerprint density at radius 2 is 1.09 bits per heavy atom. The Morgan fingerprint density at radius 1 is 0.673 bits per heavy atom. The van der Waals surface area contributed by atoms with E-state index in [2.05, 4.69) is 53.4 Å². The third kappa shape index (κ3) is 10.1. The highest BCUT2D eigenvalue weighted by Crippen LogP contribution is 2.30. The highest BCUT2D eigenvalue weighted by molar-refractivity contribution is 8.14. The van der Waals surface area contributed by atoms with Crippen molar-refractivity contribution in [2.75, 3.05) is 22.1 Å². The van der Waals surface area contributed by atoms with E-state index in [-0.39, 0.29) is 41.7 Å². The molecule has 2 amide bonds. The van der Waals surface area contributed by atoms with Gasteiger partial charge in [0.15, 0.2) is 34.6 Å². The largest absolute Gasteiger partial charge is 0.370 e. The minimum absolute atomic E-state index is 0.00421. The predicted molar refractivity (Wildman–Crippen MR) is 220 cm³/mol. The molecule has 8 N–H and O–H groups in total. The number of anilines is 2. The van der Waals surface area contributed by atoms with E-state index in [9.17, 15) is 20.1 Å². The molecule has 0 bridgehead atoms. The fourth-order valence-electron chi connectivity index (χ4n) is 5.38. The summed E-state index contributed by atoms with van der Waals surface area (Å²) >= 11 is 14.9. The quantitative estimate of drug-likeness (QED) is 0.116. The summed E-state index contributed by atoms with van der Waals surface area (Å²) in [6.07, 6.45) is -1.01. The number of nitrogens with two attached hydrogens (primary N) is 2. The first-order chi connectivity index (χ1) is 26.6. The molecule has 0 spiro atoms. The van der Waals surface area contributed by atoms with E-state index in [0.717, 1.165) is 23.5 Å². The predicted octanol–water partition coefficient (Wildman–Crippen LogP) is 5.62. The van der Waals surface area contributed by atoms with Crippen molar-refractivity contribution in [2.24, 2.45) is 31.4 Å². The molecular formula is C37H30Cl2N12O2S2. The van der Waals surface area contributed by atoms with Gasteiger partial charge in [0.05, 0.1) is 34.8 Å². The summed E-state index contributed by atoms with van der Waals surface area (Å²) in [5.41, 5.74) is 16.1. The standard InChI is InChI=1S/C37H30Cl2N12O2S2/c38-28-7-3-1-5-26(28)32-46-34(42)50-36(48-32)54-18-30(52)44-24-11-9-20(22(14-24)16-40)13-21-10-12-25(15-23(21)17-41)45-31(53)19-55-37-49-33(47-35(43)51-37)27-6-2-4-8-29(27)39/h1-12,14-15,32-33H,13,18-19H2,(H,44,52)(H,45,53)(H3,42,46,48,50)(H3,43,47,49,51)/t32-,33-/m0/s1. The molecule has 2 aliphatic heterocycles. The van der Waals surface area contributed by atoms with Crippen LogP contribution in [-0.4, -0.2) is 45.6 Å². The zero-order valence-electron chi connectivity index (χ0n) is 28.6. The molecule has 0 aromatic heterocycles. The van der Waals surface area contributed by atoms with Gasteiger partial charge in [0.2, 0.25) is 11.8 Å². The number of hydrogen-bond acceptors (Lipinski definition) is 14. The van der Waals surface area contributed by atoms with Gasteiger partial charge in [0, 0.05) is 39.0 Å². The van der Waals surface area contributed by atoms with Gasteiger partial charge in [-0.25, -0.2) is 20.0 Å². The number of amidine groups is 2.